The van der Waals surface area contributed by atoms with Crippen molar-refractivity contribution in [2.75, 3.05) is 19.8 Å². The van der Waals surface area contributed by atoms with Crippen LogP contribution >= 0.6 is 0 Å². The number of hydrogen-bond donors (Lipinski definition) is 1. The molecule has 6 heteroatoms. The Balaban J connectivity index is 1.49. The van der Waals surface area contributed by atoms with E-state index in [1.165, 1.54) is 4.90 Å². The first kappa shape index (κ1) is 20.7. The van der Waals surface area contributed by atoms with E-state index in [0.717, 1.165) is 31.4 Å². The SMILES string of the molecule is CCCCOCCCNC(=O)c1ccc(CN2C(=O)c3ccccc3C2=O)cc1. The normalized spacial score (nSPS) is 12.9. The molecule has 0 aliphatic carbocycles. The molecule has 0 saturated heterocycles. The van der Waals surface area contributed by atoms with Gasteiger partial charge in [0.15, 0.2) is 0 Å². The van der Waals surface area contributed by atoms with Crippen molar-refractivity contribution in [1.82, 2.24) is 10.2 Å². The Labute approximate surface area is 170 Å². The summed E-state index contributed by atoms with van der Waals surface area (Å²) in [5.74, 6) is -0.715. The lowest BCUT2D eigenvalue weighted by Gasteiger charge is -2.14. The molecule has 3 amide bonds. The van der Waals surface area contributed by atoms with Gasteiger partial charge >= 0.3 is 0 Å². The summed E-state index contributed by atoms with van der Waals surface area (Å²) in [5.41, 5.74) is 2.21. The van der Waals surface area contributed by atoms with Crippen LogP contribution in [0.3, 0.4) is 0 Å². The molecule has 29 heavy (non-hydrogen) atoms. The van der Waals surface area contributed by atoms with Crippen molar-refractivity contribution in [3.05, 3.63) is 70.8 Å². The fourth-order valence-corrected chi connectivity index (χ4v) is 3.15. The highest BCUT2D eigenvalue weighted by molar-refractivity contribution is 6.21. The van der Waals surface area contributed by atoms with Crippen LogP contribution in [-0.4, -0.2) is 42.4 Å². The Hall–Kier alpha value is -2.99. The van der Waals surface area contributed by atoms with Crippen LogP contribution in [0.4, 0.5) is 0 Å². The molecule has 0 radical (unpaired) electrons. The molecule has 152 valence electrons. The third-order valence-electron chi connectivity index (χ3n) is 4.83. The van der Waals surface area contributed by atoms with Crippen LogP contribution in [0.25, 0.3) is 0 Å². The van der Waals surface area contributed by atoms with E-state index < -0.39 is 0 Å². The van der Waals surface area contributed by atoms with Crippen LogP contribution in [0.2, 0.25) is 0 Å². The third kappa shape index (κ3) is 5.09. The highest BCUT2D eigenvalue weighted by Gasteiger charge is 2.34. The van der Waals surface area contributed by atoms with Crippen molar-refractivity contribution in [1.29, 1.82) is 0 Å². The maximum absolute atomic E-state index is 12.4. The maximum atomic E-state index is 12.4. The van der Waals surface area contributed by atoms with Gasteiger partial charge in [0, 0.05) is 25.3 Å². The Kier molecular flexibility index (Phi) is 7.14. The molecule has 1 N–H and O–H groups in total. The highest BCUT2D eigenvalue weighted by Crippen LogP contribution is 2.24. The molecule has 1 heterocycles. The van der Waals surface area contributed by atoms with E-state index in [2.05, 4.69) is 12.2 Å². The summed E-state index contributed by atoms with van der Waals surface area (Å²) in [6.45, 7) is 4.26. The van der Waals surface area contributed by atoms with Crippen LogP contribution in [0, 0.1) is 0 Å². The molecule has 0 unspecified atom stereocenters. The topological polar surface area (TPSA) is 75.7 Å². The minimum absolute atomic E-state index is 0.147. The summed E-state index contributed by atoms with van der Waals surface area (Å²) < 4.78 is 5.47. The van der Waals surface area contributed by atoms with Gasteiger partial charge in [0.1, 0.15) is 0 Å². The van der Waals surface area contributed by atoms with Gasteiger partial charge in [-0.3, -0.25) is 19.3 Å². The van der Waals surface area contributed by atoms with Crippen molar-refractivity contribution in [2.24, 2.45) is 0 Å². The number of nitrogens with one attached hydrogen (secondary N) is 1. The third-order valence-corrected chi connectivity index (χ3v) is 4.83. The molecule has 0 spiro atoms. The second-order valence-electron chi connectivity index (χ2n) is 7.01. The van der Waals surface area contributed by atoms with Gasteiger partial charge in [0.2, 0.25) is 0 Å². The lowest BCUT2D eigenvalue weighted by atomic mass is 10.1. The van der Waals surface area contributed by atoms with Crippen LogP contribution in [0.5, 0.6) is 0 Å². The maximum Gasteiger partial charge on any atom is 0.261 e. The lowest BCUT2D eigenvalue weighted by molar-refractivity contribution is 0.0641. The fraction of sp³-hybridized carbons (Fsp3) is 0.348. The number of benzene rings is 2. The Morgan fingerprint density at radius 3 is 2.17 bits per heavy atom. The molecule has 6 nitrogen and oxygen atoms in total. The summed E-state index contributed by atoms with van der Waals surface area (Å²) >= 11 is 0. The standard InChI is InChI=1S/C23H26N2O4/c1-2-3-14-29-15-6-13-24-21(26)18-11-9-17(10-12-18)16-25-22(27)19-7-4-5-8-20(19)23(25)28/h4-5,7-12H,2-3,6,13-16H2,1H3,(H,24,26). The second-order valence-corrected chi connectivity index (χ2v) is 7.01. The van der Waals surface area contributed by atoms with Crippen molar-refractivity contribution >= 4 is 17.7 Å². The zero-order valence-electron chi connectivity index (χ0n) is 16.6. The van der Waals surface area contributed by atoms with E-state index in [1.807, 2.05) is 0 Å². The summed E-state index contributed by atoms with van der Waals surface area (Å²) in [5, 5.41) is 2.87. The van der Waals surface area contributed by atoms with Crippen LogP contribution in [-0.2, 0) is 11.3 Å². The largest absolute Gasteiger partial charge is 0.381 e. The number of amides is 3. The second kappa shape index (κ2) is 9.98. The van der Waals surface area contributed by atoms with Crippen LogP contribution in [0.1, 0.15) is 62.8 Å². The quantitative estimate of drug-likeness (QED) is 0.495. The number of nitrogens with zero attached hydrogens (tertiary/aromatic N) is 1. The van der Waals surface area contributed by atoms with E-state index in [9.17, 15) is 14.4 Å². The number of imide groups is 1. The van der Waals surface area contributed by atoms with Gasteiger partial charge < -0.3 is 10.1 Å². The average Bonchev–Trinajstić information content (AvgIpc) is 2.98. The molecular weight excluding hydrogens is 368 g/mol. The fourth-order valence-electron chi connectivity index (χ4n) is 3.15. The number of carbonyl (C=O) groups is 3. The van der Waals surface area contributed by atoms with Gasteiger partial charge in [-0.25, -0.2) is 0 Å². The number of unbranched alkanes of at least 4 members (excludes halogenated alkanes) is 1. The van der Waals surface area contributed by atoms with Crippen molar-refractivity contribution in [3.8, 4) is 0 Å². The van der Waals surface area contributed by atoms with Gasteiger partial charge in [-0.15, -0.1) is 0 Å². The molecule has 0 atom stereocenters. The summed E-state index contributed by atoms with van der Waals surface area (Å²) in [6.07, 6.45) is 2.94. The van der Waals surface area contributed by atoms with E-state index in [-0.39, 0.29) is 24.3 Å². The van der Waals surface area contributed by atoms with E-state index in [4.69, 9.17) is 4.74 Å². The van der Waals surface area contributed by atoms with Crippen molar-refractivity contribution in [2.45, 2.75) is 32.7 Å². The minimum Gasteiger partial charge on any atom is -0.381 e. The molecule has 0 saturated carbocycles. The Morgan fingerprint density at radius 2 is 1.55 bits per heavy atom. The zero-order chi connectivity index (χ0) is 20.6. The van der Waals surface area contributed by atoms with Gasteiger partial charge in [-0.05, 0) is 42.7 Å². The summed E-state index contributed by atoms with van der Waals surface area (Å²) in [7, 11) is 0. The van der Waals surface area contributed by atoms with E-state index >= 15 is 0 Å². The first-order valence-corrected chi connectivity index (χ1v) is 10.0. The predicted molar refractivity (Wildman–Crippen MR) is 110 cm³/mol. The molecule has 0 fully saturated rings. The highest BCUT2D eigenvalue weighted by atomic mass is 16.5. The smallest absolute Gasteiger partial charge is 0.261 e. The Bertz CT molecular complexity index is 842. The molecule has 3 rings (SSSR count). The van der Waals surface area contributed by atoms with Crippen LogP contribution in [0.15, 0.2) is 48.5 Å². The van der Waals surface area contributed by atoms with Gasteiger partial charge in [-0.1, -0.05) is 37.6 Å². The van der Waals surface area contributed by atoms with Gasteiger partial charge in [-0.2, -0.15) is 0 Å². The molecule has 0 aromatic heterocycles. The van der Waals surface area contributed by atoms with E-state index in [1.54, 1.807) is 48.5 Å². The van der Waals surface area contributed by atoms with Crippen LogP contribution < -0.4 is 5.32 Å². The molecule has 1 aliphatic rings. The predicted octanol–water partition coefficient (Wildman–Crippen LogP) is 3.42. The van der Waals surface area contributed by atoms with Crippen molar-refractivity contribution < 1.29 is 19.1 Å². The average molecular weight is 394 g/mol. The monoisotopic (exact) mass is 394 g/mol. The molecule has 0 bridgehead atoms. The number of carbonyl (C=O) groups excluding carboxylic acids is 3. The molecule has 2 aromatic rings. The first-order valence-electron chi connectivity index (χ1n) is 10.0. The number of ether oxygens (including phenoxy) is 1. The Morgan fingerprint density at radius 1 is 0.931 bits per heavy atom. The van der Waals surface area contributed by atoms with Gasteiger partial charge in [0.25, 0.3) is 17.7 Å². The molecule has 2 aromatic carbocycles. The van der Waals surface area contributed by atoms with E-state index in [0.29, 0.717) is 29.8 Å². The molecular formula is C23H26N2O4. The summed E-state index contributed by atoms with van der Waals surface area (Å²) in [6, 6.07) is 13.8. The van der Waals surface area contributed by atoms with Gasteiger partial charge in [0.05, 0.1) is 17.7 Å². The summed E-state index contributed by atoms with van der Waals surface area (Å²) in [4.78, 5) is 38.3. The molecule has 1 aliphatic heterocycles. The van der Waals surface area contributed by atoms with Crippen molar-refractivity contribution in [3.63, 3.8) is 0 Å². The zero-order valence-corrected chi connectivity index (χ0v) is 16.6. The number of hydrogen-bond acceptors (Lipinski definition) is 4. The minimum atomic E-state index is -0.284. The first-order chi connectivity index (χ1) is 14.1. The number of rotatable bonds is 10. The number of fused-ring (bicyclic) bond motifs is 1. The lowest BCUT2D eigenvalue weighted by Crippen LogP contribution is -2.29.